The van der Waals surface area contributed by atoms with Crippen molar-refractivity contribution in [1.29, 1.82) is 0 Å². The summed E-state index contributed by atoms with van der Waals surface area (Å²) in [5.74, 6) is -0.480. The smallest absolute Gasteiger partial charge is 0.269 e. The van der Waals surface area contributed by atoms with E-state index in [1.807, 2.05) is 18.3 Å². The molecule has 0 saturated heterocycles. The number of pyridine rings is 1. The number of nitrogens with zero attached hydrogens (tertiary/aromatic N) is 2. The topological polar surface area (TPSA) is 79.4 Å². The molecule has 0 aromatic carbocycles. The van der Waals surface area contributed by atoms with Crippen LogP contribution < -0.4 is 5.73 Å². The second-order valence-corrected chi connectivity index (χ2v) is 5.98. The van der Waals surface area contributed by atoms with Gasteiger partial charge in [-0.2, -0.15) is 0 Å². The third kappa shape index (κ3) is 3.38. The first-order valence-corrected chi connectivity index (χ1v) is 8.06. The number of hydrogen-bond acceptors (Lipinski definition) is 4. The molecule has 1 aliphatic carbocycles. The number of carbonyl (C=O) groups excluding carboxylic acids is 1. The van der Waals surface area contributed by atoms with Crippen molar-refractivity contribution in [3.63, 3.8) is 0 Å². The first-order valence-electron chi connectivity index (χ1n) is 8.06. The average Bonchev–Trinajstić information content (AvgIpc) is 2.99. The maximum Gasteiger partial charge on any atom is 0.269 e. The normalized spacial score (nSPS) is 21.6. The van der Waals surface area contributed by atoms with E-state index in [-0.39, 0.29) is 0 Å². The highest BCUT2D eigenvalue weighted by Gasteiger charge is 2.25. The fraction of sp³-hybridized carbons (Fsp3) is 0.529. The van der Waals surface area contributed by atoms with Gasteiger partial charge >= 0.3 is 0 Å². The van der Waals surface area contributed by atoms with Gasteiger partial charge in [0.25, 0.3) is 5.91 Å². The fourth-order valence-corrected chi connectivity index (χ4v) is 3.38. The molecule has 0 bridgehead atoms. The molecule has 1 aliphatic rings. The van der Waals surface area contributed by atoms with E-state index in [0.29, 0.717) is 31.1 Å². The van der Waals surface area contributed by atoms with Gasteiger partial charge in [0.2, 0.25) is 0 Å². The standard InChI is InChI=1S/C17H23N3O3/c1-22-10-11-23-14-4-2-13(3-5-14)20-9-7-12-6-8-19-15(16(12)20)17(18)21/h6-9,13-14H,2-5,10-11H2,1H3,(H2,18,21). The summed E-state index contributed by atoms with van der Waals surface area (Å²) < 4.78 is 13.0. The lowest BCUT2D eigenvalue weighted by molar-refractivity contribution is -0.00620. The van der Waals surface area contributed by atoms with E-state index in [1.54, 1.807) is 13.3 Å². The van der Waals surface area contributed by atoms with Crippen molar-refractivity contribution in [1.82, 2.24) is 9.55 Å². The number of nitrogens with two attached hydrogens (primary N) is 1. The van der Waals surface area contributed by atoms with Crippen LogP contribution in [0.4, 0.5) is 0 Å². The Kier molecular flexibility index (Phi) is 4.93. The second-order valence-electron chi connectivity index (χ2n) is 5.98. The van der Waals surface area contributed by atoms with Crippen LogP contribution in [0.25, 0.3) is 10.9 Å². The van der Waals surface area contributed by atoms with Gasteiger partial charge in [-0.3, -0.25) is 4.79 Å². The molecule has 2 aromatic heterocycles. The molecule has 1 amide bonds. The lowest BCUT2D eigenvalue weighted by Gasteiger charge is -2.30. The van der Waals surface area contributed by atoms with E-state index in [2.05, 4.69) is 9.55 Å². The molecule has 6 heteroatoms. The lowest BCUT2D eigenvalue weighted by atomic mass is 9.92. The van der Waals surface area contributed by atoms with Crippen LogP contribution in [0.1, 0.15) is 42.2 Å². The first kappa shape index (κ1) is 16.0. The van der Waals surface area contributed by atoms with Gasteiger partial charge in [-0.1, -0.05) is 0 Å². The van der Waals surface area contributed by atoms with Crippen molar-refractivity contribution in [3.8, 4) is 0 Å². The average molecular weight is 317 g/mol. The SMILES string of the molecule is COCCOC1CCC(n2ccc3ccnc(C(N)=O)c32)CC1. The first-order chi connectivity index (χ1) is 11.2. The molecule has 0 aliphatic heterocycles. The van der Waals surface area contributed by atoms with Crippen molar-refractivity contribution in [2.24, 2.45) is 5.73 Å². The summed E-state index contributed by atoms with van der Waals surface area (Å²) in [4.78, 5) is 15.8. The van der Waals surface area contributed by atoms with Crippen LogP contribution in [0.2, 0.25) is 0 Å². The molecule has 124 valence electrons. The van der Waals surface area contributed by atoms with Crippen LogP contribution in [0.5, 0.6) is 0 Å². The maximum atomic E-state index is 11.7. The Labute approximate surface area is 135 Å². The zero-order valence-electron chi connectivity index (χ0n) is 13.4. The summed E-state index contributed by atoms with van der Waals surface area (Å²) in [7, 11) is 1.68. The quantitative estimate of drug-likeness (QED) is 0.829. The maximum absolute atomic E-state index is 11.7. The lowest BCUT2D eigenvalue weighted by Crippen LogP contribution is -2.25. The van der Waals surface area contributed by atoms with Crippen LogP contribution in [-0.2, 0) is 9.47 Å². The Morgan fingerprint density at radius 1 is 1.30 bits per heavy atom. The largest absolute Gasteiger partial charge is 0.382 e. The number of rotatable bonds is 6. The zero-order chi connectivity index (χ0) is 16.2. The predicted octanol–water partition coefficient (Wildman–Crippen LogP) is 2.28. The van der Waals surface area contributed by atoms with Crippen LogP contribution in [0.3, 0.4) is 0 Å². The molecule has 0 unspecified atom stereocenters. The van der Waals surface area contributed by atoms with E-state index >= 15 is 0 Å². The summed E-state index contributed by atoms with van der Waals surface area (Å²) in [6, 6.07) is 4.29. The molecule has 1 saturated carbocycles. The molecular weight excluding hydrogens is 294 g/mol. The van der Waals surface area contributed by atoms with Gasteiger partial charge in [0.05, 0.1) is 24.8 Å². The number of methoxy groups -OCH3 is 1. The summed E-state index contributed by atoms with van der Waals surface area (Å²) in [5, 5.41) is 1.01. The Hall–Kier alpha value is -1.92. The van der Waals surface area contributed by atoms with Crippen molar-refractivity contribution >= 4 is 16.8 Å². The number of ether oxygens (including phenoxy) is 2. The Bertz CT molecular complexity index is 675. The van der Waals surface area contributed by atoms with Gasteiger partial charge in [-0.05, 0) is 37.8 Å². The minimum absolute atomic E-state index is 0.303. The van der Waals surface area contributed by atoms with Gasteiger partial charge in [0, 0.05) is 30.9 Å². The monoisotopic (exact) mass is 317 g/mol. The number of carbonyl (C=O) groups is 1. The summed E-state index contributed by atoms with van der Waals surface area (Å²) in [6.07, 6.45) is 8.05. The molecule has 2 N–H and O–H groups in total. The molecule has 6 nitrogen and oxygen atoms in total. The summed E-state index contributed by atoms with van der Waals surface area (Å²) in [6.45, 7) is 1.28. The van der Waals surface area contributed by atoms with Gasteiger partial charge in [-0.25, -0.2) is 4.98 Å². The van der Waals surface area contributed by atoms with E-state index in [1.165, 1.54) is 0 Å². The molecule has 0 radical (unpaired) electrons. The van der Waals surface area contributed by atoms with Crippen LogP contribution in [-0.4, -0.2) is 41.9 Å². The van der Waals surface area contributed by atoms with E-state index in [4.69, 9.17) is 15.2 Å². The van der Waals surface area contributed by atoms with Gasteiger partial charge in [0.1, 0.15) is 0 Å². The second kappa shape index (κ2) is 7.10. The van der Waals surface area contributed by atoms with E-state index in [0.717, 1.165) is 36.6 Å². The highest BCUT2D eigenvalue weighted by atomic mass is 16.5. The molecule has 2 heterocycles. The Balaban J connectivity index is 1.74. The minimum Gasteiger partial charge on any atom is -0.382 e. The molecule has 0 spiro atoms. The number of aromatic nitrogens is 2. The number of amides is 1. The zero-order valence-corrected chi connectivity index (χ0v) is 13.4. The Morgan fingerprint density at radius 2 is 2.09 bits per heavy atom. The third-order valence-electron chi connectivity index (χ3n) is 4.54. The van der Waals surface area contributed by atoms with E-state index < -0.39 is 5.91 Å². The number of fused-ring (bicyclic) bond motifs is 1. The van der Waals surface area contributed by atoms with Crippen LogP contribution in [0, 0.1) is 0 Å². The van der Waals surface area contributed by atoms with E-state index in [9.17, 15) is 4.79 Å². The minimum atomic E-state index is -0.480. The van der Waals surface area contributed by atoms with Crippen molar-refractivity contribution < 1.29 is 14.3 Å². The van der Waals surface area contributed by atoms with Gasteiger partial charge < -0.3 is 19.8 Å². The van der Waals surface area contributed by atoms with Crippen molar-refractivity contribution in [2.75, 3.05) is 20.3 Å². The molecule has 23 heavy (non-hydrogen) atoms. The van der Waals surface area contributed by atoms with Crippen molar-refractivity contribution in [2.45, 2.75) is 37.8 Å². The molecule has 0 atom stereocenters. The molecular formula is C17H23N3O3. The highest BCUT2D eigenvalue weighted by Crippen LogP contribution is 2.33. The number of primary amides is 1. The third-order valence-corrected chi connectivity index (χ3v) is 4.54. The molecule has 3 rings (SSSR count). The van der Waals surface area contributed by atoms with Gasteiger partial charge in [-0.15, -0.1) is 0 Å². The van der Waals surface area contributed by atoms with Crippen molar-refractivity contribution in [3.05, 3.63) is 30.2 Å². The molecule has 2 aromatic rings. The summed E-state index contributed by atoms with van der Waals surface area (Å²) in [5.41, 5.74) is 6.68. The molecule has 1 fully saturated rings. The van der Waals surface area contributed by atoms with Crippen LogP contribution >= 0.6 is 0 Å². The number of hydrogen-bond donors (Lipinski definition) is 1. The predicted molar refractivity (Wildman–Crippen MR) is 87.4 cm³/mol. The summed E-state index contributed by atoms with van der Waals surface area (Å²) >= 11 is 0. The Morgan fingerprint density at radius 3 is 2.78 bits per heavy atom. The fourth-order valence-electron chi connectivity index (χ4n) is 3.38. The van der Waals surface area contributed by atoms with Crippen LogP contribution in [0.15, 0.2) is 24.5 Å². The highest BCUT2D eigenvalue weighted by molar-refractivity contribution is 6.03. The van der Waals surface area contributed by atoms with Gasteiger partial charge in [0.15, 0.2) is 5.69 Å².